The standard InChI is InChI=1S/C16H23NO2/c1-3-17(12-6-7-12)15-9-5-11-4-8-13(19-2)10-14(11)16(15)18/h4,8,10,12,15-16,18H,3,5-7,9H2,1-2H3. The Labute approximate surface area is 115 Å². The zero-order chi connectivity index (χ0) is 13.4. The molecule has 0 bridgehead atoms. The molecule has 3 rings (SSSR count). The van der Waals surface area contributed by atoms with Gasteiger partial charge in [-0.1, -0.05) is 13.0 Å². The van der Waals surface area contributed by atoms with Gasteiger partial charge in [-0.2, -0.15) is 0 Å². The molecule has 0 amide bonds. The Bertz CT molecular complexity index is 456. The van der Waals surface area contributed by atoms with Crippen LogP contribution in [0.3, 0.4) is 0 Å². The van der Waals surface area contributed by atoms with Crippen molar-refractivity contribution in [3.8, 4) is 5.75 Å². The van der Waals surface area contributed by atoms with Crippen molar-refractivity contribution in [1.82, 2.24) is 4.90 Å². The highest BCUT2D eigenvalue weighted by Crippen LogP contribution is 2.39. The largest absolute Gasteiger partial charge is 0.497 e. The summed E-state index contributed by atoms with van der Waals surface area (Å²) in [6.45, 7) is 3.23. The van der Waals surface area contributed by atoms with Gasteiger partial charge < -0.3 is 9.84 Å². The van der Waals surface area contributed by atoms with Crippen molar-refractivity contribution in [1.29, 1.82) is 0 Å². The van der Waals surface area contributed by atoms with Crippen molar-refractivity contribution in [2.75, 3.05) is 13.7 Å². The molecule has 0 heterocycles. The number of benzene rings is 1. The molecule has 1 N–H and O–H groups in total. The fraction of sp³-hybridized carbons (Fsp3) is 0.625. The zero-order valence-electron chi connectivity index (χ0n) is 11.8. The van der Waals surface area contributed by atoms with E-state index >= 15 is 0 Å². The Morgan fingerprint density at radius 2 is 2.11 bits per heavy atom. The summed E-state index contributed by atoms with van der Waals surface area (Å²) in [5.41, 5.74) is 2.34. The van der Waals surface area contributed by atoms with Gasteiger partial charge >= 0.3 is 0 Å². The first-order valence-electron chi connectivity index (χ1n) is 7.35. The quantitative estimate of drug-likeness (QED) is 0.904. The lowest BCUT2D eigenvalue weighted by atomic mass is 9.84. The van der Waals surface area contributed by atoms with Crippen molar-refractivity contribution in [3.63, 3.8) is 0 Å². The van der Waals surface area contributed by atoms with Crippen LogP contribution in [-0.4, -0.2) is 35.7 Å². The van der Waals surface area contributed by atoms with Gasteiger partial charge in [0.2, 0.25) is 0 Å². The van der Waals surface area contributed by atoms with Crippen molar-refractivity contribution >= 4 is 0 Å². The Morgan fingerprint density at radius 3 is 2.74 bits per heavy atom. The first-order valence-corrected chi connectivity index (χ1v) is 7.35. The third-order valence-electron chi connectivity index (χ3n) is 4.55. The normalized spacial score (nSPS) is 26.3. The van der Waals surface area contributed by atoms with Crippen molar-refractivity contribution < 1.29 is 9.84 Å². The molecule has 2 atom stereocenters. The first-order chi connectivity index (χ1) is 9.24. The molecule has 0 aromatic heterocycles. The molecule has 104 valence electrons. The summed E-state index contributed by atoms with van der Waals surface area (Å²) in [5.74, 6) is 0.841. The number of methoxy groups -OCH3 is 1. The van der Waals surface area contributed by atoms with E-state index in [1.54, 1.807) is 7.11 Å². The number of aliphatic hydroxyl groups excluding tert-OH is 1. The van der Waals surface area contributed by atoms with Crippen molar-refractivity contribution in [2.45, 2.75) is 50.8 Å². The van der Waals surface area contributed by atoms with E-state index in [-0.39, 0.29) is 12.1 Å². The SMILES string of the molecule is CCN(C1CC1)C1CCc2ccc(OC)cc2C1O. The number of fused-ring (bicyclic) bond motifs is 1. The molecule has 2 unspecified atom stereocenters. The maximum absolute atomic E-state index is 10.7. The van der Waals surface area contributed by atoms with E-state index in [9.17, 15) is 5.11 Å². The van der Waals surface area contributed by atoms with E-state index in [1.807, 2.05) is 12.1 Å². The number of likely N-dealkylation sites (N-methyl/N-ethyl adjacent to an activating group) is 1. The van der Waals surface area contributed by atoms with Crippen molar-refractivity contribution in [3.05, 3.63) is 29.3 Å². The lowest BCUT2D eigenvalue weighted by Crippen LogP contribution is -2.43. The fourth-order valence-corrected chi connectivity index (χ4v) is 3.39. The van der Waals surface area contributed by atoms with Crippen LogP contribution in [0.5, 0.6) is 5.75 Å². The highest BCUT2D eigenvalue weighted by atomic mass is 16.5. The molecule has 1 aromatic rings. The van der Waals surface area contributed by atoms with Crippen LogP contribution in [-0.2, 0) is 6.42 Å². The van der Waals surface area contributed by atoms with E-state index in [4.69, 9.17) is 4.74 Å². The van der Waals surface area contributed by atoms with Gasteiger partial charge in [0.05, 0.1) is 13.2 Å². The van der Waals surface area contributed by atoms with Gasteiger partial charge in [0.25, 0.3) is 0 Å². The van der Waals surface area contributed by atoms with Crippen molar-refractivity contribution in [2.24, 2.45) is 0 Å². The Hall–Kier alpha value is -1.06. The number of nitrogens with zero attached hydrogens (tertiary/aromatic N) is 1. The molecule has 2 aliphatic carbocycles. The van der Waals surface area contributed by atoms with E-state index < -0.39 is 0 Å². The molecule has 1 saturated carbocycles. The maximum atomic E-state index is 10.7. The summed E-state index contributed by atoms with van der Waals surface area (Å²) < 4.78 is 5.29. The van der Waals surface area contributed by atoms with Gasteiger partial charge in [-0.3, -0.25) is 4.90 Å². The fourth-order valence-electron chi connectivity index (χ4n) is 3.39. The smallest absolute Gasteiger partial charge is 0.119 e. The molecule has 2 aliphatic rings. The molecule has 19 heavy (non-hydrogen) atoms. The number of rotatable bonds is 4. The van der Waals surface area contributed by atoms with Gasteiger partial charge in [-0.25, -0.2) is 0 Å². The van der Waals surface area contributed by atoms with Gasteiger partial charge in [-0.05, 0) is 55.5 Å². The summed E-state index contributed by atoms with van der Waals surface area (Å²) in [7, 11) is 1.68. The number of aliphatic hydroxyl groups is 1. The van der Waals surface area contributed by atoms with E-state index in [1.165, 1.54) is 18.4 Å². The average molecular weight is 261 g/mol. The summed E-state index contributed by atoms with van der Waals surface area (Å²) in [4.78, 5) is 2.49. The lowest BCUT2D eigenvalue weighted by molar-refractivity contribution is 0.0339. The Kier molecular flexibility index (Phi) is 3.50. The zero-order valence-corrected chi connectivity index (χ0v) is 11.8. The monoisotopic (exact) mass is 261 g/mol. The van der Waals surface area contributed by atoms with Gasteiger partial charge in [0.1, 0.15) is 5.75 Å². The van der Waals surface area contributed by atoms with Crippen LogP contribution in [0.4, 0.5) is 0 Å². The van der Waals surface area contributed by atoms with Gasteiger partial charge in [0.15, 0.2) is 0 Å². The lowest BCUT2D eigenvalue weighted by Gasteiger charge is -2.38. The number of hydrogen-bond acceptors (Lipinski definition) is 3. The minimum Gasteiger partial charge on any atom is -0.497 e. The predicted molar refractivity (Wildman–Crippen MR) is 75.5 cm³/mol. The Balaban J connectivity index is 1.87. The maximum Gasteiger partial charge on any atom is 0.119 e. The second-order valence-corrected chi connectivity index (χ2v) is 5.68. The average Bonchev–Trinajstić information content (AvgIpc) is 3.26. The second kappa shape index (κ2) is 5.14. The molecule has 0 radical (unpaired) electrons. The molecule has 3 heteroatoms. The van der Waals surface area contributed by atoms with Gasteiger partial charge in [0, 0.05) is 12.1 Å². The van der Waals surface area contributed by atoms with Crippen LogP contribution in [0.15, 0.2) is 18.2 Å². The Morgan fingerprint density at radius 1 is 1.32 bits per heavy atom. The molecule has 1 fully saturated rings. The molecule has 1 aromatic carbocycles. The van der Waals surface area contributed by atoms with Gasteiger partial charge in [-0.15, -0.1) is 0 Å². The minimum absolute atomic E-state index is 0.275. The number of aryl methyl sites for hydroxylation is 1. The number of ether oxygens (including phenoxy) is 1. The summed E-state index contributed by atoms with van der Waals surface area (Å²) in [6, 6.07) is 7.08. The van der Waals surface area contributed by atoms with E-state index in [0.29, 0.717) is 6.04 Å². The topological polar surface area (TPSA) is 32.7 Å². The van der Waals surface area contributed by atoms with Crippen LogP contribution in [0.1, 0.15) is 43.4 Å². The highest BCUT2D eigenvalue weighted by molar-refractivity contribution is 5.39. The second-order valence-electron chi connectivity index (χ2n) is 5.68. The minimum atomic E-state index is -0.376. The summed E-state index contributed by atoms with van der Waals surface area (Å²) in [6.07, 6.45) is 4.33. The predicted octanol–water partition coefficient (Wildman–Crippen LogP) is 2.53. The molecule has 0 aliphatic heterocycles. The molecule has 0 spiro atoms. The summed E-state index contributed by atoms with van der Waals surface area (Å²) >= 11 is 0. The van der Waals surface area contributed by atoms with E-state index in [0.717, 1.165) is 30.7 Å². The third-order valence-corrected chi connectivity index (χ3v) is 4.55. The van der Waals surface area contributed by atoms with E-state index in [2.05, 4.69) is 17.9 Å². The first kappa shape index (κ1) is 12.9. The highest BCUT2D eigenvalue weighted by Gasteiger charge is 2.38. The molecule has 0 saturated heterocycles. The van der Waals surface area contributed by atoms with Crippen LogP contribution in [0.25, 0.3) is 0 Å². The molecular formula is C16H23NO2. The van der Waals surface area contributed by atoms with Crippen LogP contribution < -0.4 is 4.74 Å². The van der Waals surface area contributed by atoms with Crippen LogP contribution in [0.2, 0.25) is 0 Å². The third kappa shape index (κ3) is 2.37. The van der Waals surface area contributed by atoms with Crippen LogP contribution in [0, 0.1) is 0 Å². The molecule has 3 nitrogen and oxygen atoms in total. The summed E-state index contributed by atoms with van der Waals surface area (Å²) in [5, 5.41) is 10.7. The number of hydrogen-bond donors (Lipinski definition) is 1. The molecular weight excluding hydrogens is 238 g/mol. The van der Waals surface area contributed by atoms with Crippen LogP contribution >= 0.6 is 0 Å².